The zero-order valence-corrected chi connectivity index (χ0v) is 15.1. The molecule has 10 heteroatoms. The number of allylic oxidation sites excluding steroid dienone is 2. The molecule has 1 aliphatic rings. The molecule has 26 heavy (non-hydrogen) atoms. The molecule has 0 amide bonds. The molecule has 136 valence electrons. The number of carbonyl (C=O) groups is 2. The Balaban J connectivity index is 2.73. The van der Waals surface area contributed by atoms with Crippen LogP contribution < -0.4 is 4.90 Å². The smallest absolute Gasteiger partial charge is 0.355 e. The first kappa shape index (κ1) is 19.5. The highest BCUT2D eigenvalue weighted by molar-refractivity contribution is 6.37. The number of rotatable bonds is 4. The van der Waals surface area contributed by atoms with Crippen molar-refractivity contribution in [3.8, 4) is 0 Å². The van der Waals surface area contributed by atoms with Gasteiger partial charge in [-0.15, -0.1) is 0 Å². The zero-order valence-electron chi connectivity index (χ0n) is 13.6. The van der Waals surface area contributed by atoms with Crippen molar-refractivity contribution in [1.82, 2.24) is 0 Å². The van der Waals surface area contributed by atoms with E-state index in [4.69, 9.17) is 32.7 Å². The number of nitrogens with zero attached hydrogens (tertiary/aromatic N) is 2. The van der Waals surface area contributed by atoms with Gasteiger partial charge >= 0.3 is 11.9 Å². The Labute approximate surface area is 158 Å². The first-order valence-corrected chi connectivity index (χ1v) is 7.75. The van der Waals surface area contributed by atoms with Crippen molar-refractivity contribution in [1.29, 1.82) is 0 Å². The largest absolute Gasteiger partial charge is 0.465 e. The van der Waals surface area contributed by atoms with Gasteiger partial charge in [-0.1, -0.05) is 29.3 Å². The van der Waals surface area contributed by atoms with Gasteiger partial charge in [-0.25, -0.2) is 9.59 Å². The van der Waals surface area contributed by atoms with Gasteiger partial charge < -0.3 is 14.4 Å². The quantitative estimate of drug-likeness (QED) is 0.435. The van der Waals surface area contributed by atoms with Gasteiger partial charge in [0.25, 0.3) is 5.69 Å². The van der Waals surface area contributed by atoms with Crippen molar-refractivity contribution in [2.75, 3.05) is 19.1 Å². The molecule has 0 saturated carbocycles. The van der Waals surface area contributed by atoms with E-state index in [-0.39, 0.29) is 27.0 Å². The van der Waals surface area contributed by atoms with Gasteiger partial charge in [0, 0.05) is 12.3 Å². The molecule has 0 unspecified atom stereocenters. The van der Waals surface area contributed by atoms with Gasteiger partial charge in [0.05, 0.1) is 35.4 Å². The molecule has 0 bridgehead atoms. The van der Waals surface area contributed by atoms with Crippen LogP contribution in [0.1, 0.15) is 0 Å². The number of methoxy groups -OCH3 is 2. The standard InChI is InChI=1S/C16H12Cl2N2O6/c1-25-15(21)9-5-3-4-6-19(14(9)16(22)26-2)12-7-11(18)13(20(23)24)8-10(12)17/h3-8H,1-2H3. The van der Waals surface area contributed by atoms with Gasteiger partial charge in [-0.2, -0.15) is 0 Å². The predicted molar refractivity (Wildman–Crippen MR) is 94.9 cm³/mol. The Morgan fingerprint density at radius 3 is 2.31 bits per heavy atom. The van der Waals surface area contributed by atoms with E-state index in [1.165, 1.54) is 35.4 Å². The maximum absolute atomic E-state index is 12.3. The Bertz CT molecular complexity index is 876. The first-order valence-electron chi connectivity index (χ1n) is 7.00. The number of ether oxygens (including phenoxy) is 2. The van der Waals surface area contributed by atoms with Crippen LogP contribution in [0, 0.1) is 10.1 Å². The van der Waals surface area contributed by atoms with E-state index >= 15 is 0 Å². The van der Waals surface area contributed by atoms with Gasteiger partial charge in [0.15, 0.2) is 0 Å². The van der Waals surface area contributed by atoms with Gasteiger partial charge in [-0.05, 0) is 18.2 Å². The molecular formula is C16H12Cl2N2O6. The number of halogens is 2. The second-order valence-corrected chi connectivity index (χ2v) is 5.64. The van der Waals surface area contributed by atoms with Crippen LogP contribution in [-0.4, -0.2) is 31.1 Å². The zero-order chi connectivity index (χ0) is 19.4. The summed E-state index contributed by atoms with van der Waals surface area (Å²) in [7, 11) is 2.31. The van der Waals surface area contributed by atoms with Crippen molar-refractivity contribution in [3.63, 3.8) is 0 Å². The van der Waals surface area contributed by atoms with Crippen LogP contribution in [-0.2, 0) is 19.1 Å². The van der Waals surface area contributed by atoms with Crippen LogP contribution in [0.15, 0.2) is 47.8 Å². The van der Waals surface area contributed by atoms with E-state index < -0.39 is 22.5 Å². The highest BCUT2D eigenvalue weighted by atomic mass is 35.5. The van der Waals surface area contributed by atoms with Crippen LogP contribution in [0.5, 0.6) is 0 Å². The molecule has 8 nitrogen and oxygen atoms in total. The lowest BCUT2D eigenvalue weighted by Crippen LogP contribution is -2.27. The highest BCUT2D eigenvalue weighted by Crippen LogP contribution is 2.38. The number of nitro benzene ring substituents is 1. The fourth-order valence-corrected chi connectivity index (χ4v) is 2.68. The Hall–Kier alpha value is -2.84. The molecule has 1 aliphatic heterocycles. The second kappa shape index (κ2) is 8.03. The van der Waals surface area contributed by atoms with Crippen molar-refractivity contribution < 1.29 is 24.0 Å². The van der Waals surface area contributed by atoms with Gasteiger partial charge in [0.1, 0.15) is 10.7 Å². The average Bonchev–Trinajstić information content (AvgIpc) is 2.84. The molecule has 0 radical (unpaired) electrons. The molecule has 1 heterocycles. The minimum atomic E-state index is -0.841. The van der Waals surface area contributed by atoms with E-state index in [0.717, 1.165) is 20.3 Å². The maximum atomic E-state index is 12.3. The number of anilines is 1. The number of benzene rings is 1. The lowest BCUT2D eigenvalue weighted by atomic mass is 10.1. The molecule has 1 aromatic carbocycles. The monoisotopic (exact) mass is 398 g/mol. The number of carbonyl (C=O) groups excluding carboxylic acids is 2. The highest BCUT2D eigenvalue weighted by Gasteiger charge is 2.29. The minimum Gasteiger partial charge on any atom is -0.465 e. The number of nitro groups is 1. The minimum absolute atomic E-state index is 0.0572. The predicted octanol–water partition coefficient (Wildman–Crippen LogP) is 3.39. The van der Waals surface area contributed by atoms with Crippen LogP contribution in [0.4, 0.5) is 11.4 Å². The third-order valence-corrected chi connectivity index (χ3v) is 3.97. The summed E-state index contributed by atoms with van der Waals surface area (Å²) in [5, 5.41) is 10.7. The van der Waals surface area contributed by atoms with Crippen LogP contribution in [0.2, 0.25) is 10.0 Å². The fourth-order valence-electron chi connectivity index (χ4n) is 2.20. The summed E-state index contributed by atoms with van der Waals surface area (Å²) in [6, 6.07) is 2.27. The van der Waals surface area contributed by atoms with E-state index in [2.05, 4.69) is 0 Å². The molecular weight excluding hydrogens is 387 g/mol. The topological polar surface area (TPSA) is 99.0 Å². The normalized spacial score (nSPS) is 13.5. The number of hydrogen-bond donors (Lipinski definition) is 0. The van der Waals surface area contributed by atoms with Crippen LogP contribution >= 0.6 is 23.2 Å². The van der Waals surface area contributed by atoms with E-state index in [1.807, 2.05) is 0 Å². The summed E-state index contributed by atoms with van der Waals surface area (Å²) in [4.78, 5) is 36.0. The molecule has 0 fully saturated rings. The molecule has 0 atom stereocenters. The van der Waals surface area contributed by atoms with Crippen LogP contribution in [0.25, 0.3) is 0 Å². The Morgan fingerprint density at radius 2 is 1.73 bits per heavy atom. The summed E-state index contributed by atoms with van der Waals surface area (Å²) < 4.78 is 9.46. The van der Waals surface area contributed by atoms with Gasteiger partial charge in [0.2, 0.25) is 0 Å². The lowest BCUT2D eigenvalue weighted by molar-refractivity contribution is -0.384. The van der Waals surface area contributed by atoms with Gasteiger partial charge in [-0.3, -0.25) is 10.1 Å². The second-order valence-electron chi connectivity index (χ2n) is 4.83. The third kappa shape index (κ3) is 3.71. The number of hydrogen-bond acceptors (Lipinski definition) is 7. The Morgan fingerprint density at radius 1 is 1.08 bits per heavy atom. The van der Waals surface area contributed by atoms with Crippen molar-refractivity contribution in [2.45, 2.75) is 0 Å². The molecule has 0 spiro atoms. The average molecular weight is 399 g/mol. The van der Waals surface area contributed by atoms with Crippen molar-refractivity contribution >= 4 is 46.5 Å². The molecule has 0 aliphatic carbocycles. The maximum Gasteiger partial charge on any atom is 0.355 e. The van der Waals surface area contributed by atoms with Crippen molar-refractivity contribution in [2.24, 2.45) is 0 Å². The van der Waals surface area contributed by atoms with Crippen molar-refractivity contribution in [3.05, 3.63) is 68.0 Å². The van der Waals surface area contributed by atoms with E-state index in [0.29, 0.717) is 0 Å². The third-order valence-electron chi connectivity index (χ3n) is 3.36. The van der Waals surface area contributed by atoms with E-state index in [1.54, 1.807) is 0 Å². The summed E-state index contributed by atoms with van der Waals surface area (Å²) in [6.45, 7) is 0. The summed E-state index contributed by atoms with van der Waals surface area (Å²) in [6.07, 6.45) is 5.85. The molecule has 0 aromatic heterocycles. The SMILES string of the molecule is COC(=O)C1=C(C(=O)OC)N(c2cc(Cl)c([N+](=O)[O-])cc2Cl)C=CC=C1. The van der Waals surface area contributed by atoms with E-state index in [9.17, 15) is 19.7 Å². The molecule has 0 N–H and O–H groups in total. The fraction of sp³-hybridized carbons (Fsp3) is 0.125. The lowest BCUT2D eigenvalue weighted by Gasteiger charge is -2.24. The number of esters is 2. The molecule has 0 saturated heterocycles. The summed E-state index contributed by atoms with van der Waals surface area (Å²) in [5.41, 5.74) is -0.524. The molecule has 2 rings (SSSR count). The first-order chi connectivity index (χ1) is 12.3. The van der Waals surface area contributed by atoms with Crippen LogP contribution in [0.3, 0.4) is 0 Å². The Kier molecular flexibility index (Phi) is 6.01. The summed E-state index contributed by atoms with van der Waals surface area (Å²) in [5.74, 6) is -1.62. The molecule has 1 aromatic rings. The summed E-state index contributed by atoms with van der Waals surface area (Å²) >= 11 is 12.1.